The molecule has 17 heavy (non-hydrogen) atoms. The molecule has 0 N–H and O–H groups in total. The molecule has 0 aliphatic rings. The number of rotatable bonds is 1. The SMILES string of the molecule is Cc1nnnn1-c1cc(C(C)(C)C)ccc1F. The van der Waals surface area contributed by atoms with Crippen LogP contribution < -0.4 is 0 Å². The van der Waals surface area contributed by atoms with Crippen molar-refractivity contribution >= 4 is 0 Å². The Morgan fingerprint density at radius 3 is 2.47 bits per heavy atom. The van der Waals surface area contributed by atoms with Gasteiger partial charge in [-0.1, -0.05) is 26.8 Å². The van der Waals surface area contributed by atoms with Crippen molar-refractivity contribution in [1.29, 1.82) is 0 Å². The van der Waals surface area contributed by atoms with Gasteiger partial charge in [-0.2, -0.15) is 4.68 Å². The minimum atomic E-state index is -0.326. The Morgan fingerprint density at radius 1 is 1.24 bits per heavy atom. The fourth-order valence-electron chi connectivity index (χ4n) is 1.60. The zero-order valence-electron chi connectivity index (χ0n) is 10.4. The highest BCUT2D eigenvalue weighted by atomic mass is 19.1. The van der Waals surface area contributed by atoms with Gasteiger partial charge in [0.15, 0.2) is 5.82 Å². The molecule has 1 heterocycles. The highest BCUT2D eigenvalue weighted by Crippen LogP contribution is 2.25. The number of aromatic nitrogens is 4. The second kappa shape index (κ2) is 3.91. The Bertz CT molecular complexity index is 540. The Balaban J connectivity index is 2.58. The quantitative estimate of drug-likeness (QED) is 0.761. The molecule has 0 unspecified atom stereocenters. The first kappa shape index (κ1) is 11.7. The van der Waals surface area contributed by atoms with Crippen LogP contribution >= 0.6 is 0 Å². The second-order valence-corrected chi connectivity index (χ2v) is 5.05. The van der Waals surface area contributed by atoms with Gasteiger partial charge >= 0.3 is 0 Å². The van der Waals surface area contributed by atoms with Crippen LogP contribution in [0.25, 0.3) is 5.69 Å². The predicted molar refractivity (Wildman–Crippen MR) is 62.5 cm³/mol. The summed E-state index contributed by atoms with van der Waals surface area (Å²) in [6.07, 6.45) is 0. The van der Waals surface area contributed by atoms with E-state index in [2.05, 4.69) is 36.3 Å². The number of tetrazole rings is 1. The van der Waals surface area contributed by atoms with Crippen molar-refractivity contribution in [3.63, 3.8) is 0 Å². The van der Waals surface area contributed by atoms with Crippen LogP contribution in [0.1, 0.15) is 32.2 Å². The average Bonchev–Trinajstić information content (AvgIpc) is 2.63. The van der Waals surface area contributed by atoms with Crippen LogP contribution in [-0.2, 0) is 5.41 Å². The minimum absolute atomic E-state index is 0.0373. The smallest absolute Gasteiger partial charge is 0.153 e. The van der Waals surface area contributed by atoms with Crippen molar-refractivity contribution in [3.05, 3.63) is 35.4 Å². The molecule has 1 aromatic heterocycles. The van der Waals surface area contributed by atoms with Crippen LogP contribution in [-0.4, -0.2) is 20.2 Å². The maximum Gasteiger partial charge on any atom is 0.153 e. The molecule has 0 spiro atoms. The third-order valence-corrected chi connectivity index (χ3v) is 2.67. The molecule has 2 aromatic rings. The molecule has 5 heteroatoms. The average molecular weight is 234 g/mol. The maximum absolute atomic E-state index is 13.8. The largest absolute Gasteiger partial charge is 0.205 e. The minimum Gasteiger partial charge on any atom is -0.205 e. The van der Waals surface area contributed by atoms with Gasteiger partial charge in [-0.05, 0) is 40.5 Å². The Kier molecular flexibility index (Phi) is 2.69. The van der Waals surface area contributed by atoms with Crippen LogP contribution in [0, 0.1) is 12.7 Å². The van der Waals surface area contributed by atoms with E-state index in [0.717, 1.165) is 5.56 Å². The third-order valence-electron chi connectivity index (χ3n) is 2.67. The third kappa shape index (κ3) is 2.18. The summed E-state index contributed by atoms with van der Waals surface area (Å²) in [5.74, 6) is 0.239. The van der Waals surface area contributed by atoms with E-state index in [1.807, 2.05) is 0 Å². The summed E-state index contributed by atoms with van der Waals surface area (Å²) in [4.78, 5) is 0. The summed E-state index contributed by atoms with van der Waals surface area (Å²) < 4.78 is 15.2. The van der Waals surface area contributed by atoms with Gasteiger partial charge in [0, 0.05) is 0 Å². The summed E-state index contributed by atoms with van der Waals surface area (Å²) in [6, 6.07) is 5.04. The molecular formula is C12H15FN4. The number of benzene rings is 1. The first-order valence-corrected chi connectivity index (χ1v) is 5.45. The highest BCUT2D eigenvalue weighted by Gasteiger charge is 2.17. The van der Waals surface area contributed by atoms with Gasteiger partial charge in [0.2, 0.25) is 0 Å². The van der Waals surface area contributed by atoms with E-state index in [9.17, 15) is 4.39 Å². The first-order valence-electron chi connectivity index (χ1n) is 5.45. The normalized spacial score (nSPS) is 11.8. The molecule has 0 radical (unpaired) electrons. The van der Waals surface area contributed by atoms with Gasteiger partial charge in [0.25, 0.3) is 0 Å². The van der Waals surface area contributed by atoms with Crippen molar-refractivity contribution < 1.29 is 4.39 Å². The van der Waals surface area contributed by atoms with Crippen molar-refractivity contribution in [2.75, 3.05) is 0 Å². The van der Waals surface area contributed by atoms with E-state index >= 15 is 0 Å². The molecule has 0 amide bonds. The molecule has 0 atom stereocenters. The van der Waals surface area contributed by atoms with Gasteiger partial charge in [0.05, 0.1) is 0 Å². The number of halogens is 1. The van der Waals surface area contributed by atoms with E-state index in [4.69, 9.17) is 0 Å². The number of aryl methyl sites for hydroxylation is 1. The molecule has 0 saturated carbocycles. The molecular weight excluding hydrogens is 219 g/mol. The highest BCUT2D eigenvalue weighted by molar-refractivity contribution is 5.39. The summed E-state index contributed by atoms with van der Waals surface area (Å²) in [6.45, 7) is 7.98. The molecule has 0 aliphatic heterocycles. The van der Waals surface area contributed by atoms with Crippen LogP contribution in [0.5, 0.6) is 0 Å². The topological polar surface area (TPSA) is 43.6 Å². The molecule has 0 aliphatic carbocycles. The van der Waals surface area contributed by atoms with Gasteiger partial charge < -0.3 is 0 Å². The van der Waals surface area contributed by atoms with Crippen LogP contribution in [0.4, 0.5) is 4.39 Å². The van der Waals surface area contributed by atoms with Gasteiger partial charge in [0.1, 0.15) is 11.5 Å². The lowest BCUT2D eigenvalue weighted by atomic mass is 9.87. The molecule has 2 rings (SSSR count). The lowest BCUT2D eigenvalue weighted by Gasteiger charge is -2.20. The van der Waals surface area contributed by atoms with Crippen molar-refractivity contribution in [2.45, 2.75) is 33.1 Å². The monoisotopic (exact) mass is 234 g/mol. The number of nitrogens with zero attached hydrogens (tertiary/aromatic N) is 4. The number of hydrogen-bond donors (Lipinski definition) is 0. The summed E-state index contributed by atoms with van der Waals surface area (Å²) in [5, 5.41) is 11.1. The van der Waals surface area contributed by atoms with Crippen molar-refractivity contribution in [2.24, 2.45) is 0 Å². The Morgan fingerprint density at radius 2 is 1.94 bits per heavy atom. The lowest BCUT2D eigenvalue weighted by molar-refractivity contribution is 0.574. The van der Waals surface area contributed by atoms with Crippen LogP contribution in [0.2, 0.25) is 0 Å². The Labute approximate surface area is 99.5 Å². The van der Waals surface area contributed by atoms with Gasteiger partial charge in [-0.25, -0.2) is 4.39 Å². The van der Waals surface area contributed by atoms with E-state index in [-0.39, 0.29) is 11.2 Å². The summed E-state index contributed by atoms with van der Waals surface area (Å²) in [7, 11) is 0. The van der Waals surface area contributed by atoms with Crippen LogP contribution in [0.15, 0.2) is 18.2 Å². The first-order chi connectivity index (χ1) is 7.89. The van der Waals surface area contributed by atoms with Crippen LogP contribution in [0.3, 0.4) is 0 Å². The van der Waals surface area contributed by atoms with Gasteiger partial charge in [-0.15, -0.1) is 5.10 Å². The fourth-order valence-corrected chi connectivity index (χ4v) is 1.60. The molecule has 0 saturated heterocycles. The molecule has 4 nitrogen and oxygen atoms in total. The second-order valence-electron chi connectivity index (χ2n) is 5.05. The molecule has 90 valence electrons. The summed E-state index contributed by atoms with van der Waals surface area (Å²) in [5.41, 5.74) is 1.40. The zero-order chi connectivity index (χ0) is 12.6. The maximum atomic E-state index is 13.8. The fraction of sp³-hybridized carbons (Fsp3) is 0.417. The van der Waals surface area contributed by atoms with E-state index in [1.165, 1.54) is 10.7 Å². The van der Waals surface area contributed by atoms with Crippen molar-refractivity contribution in [1.82, 2.24) is 20.2 Å². The number of hydrogen-bond acceptors (Lipinski definition) is 3. The van der Waals surface area contributed by atoms with Gasteiger partial charge in [-0.3, -0.25) is 0 Å². The standard InChI is InChI=1S/C12H15FN4/c1-8-14-15-16-17(8)11-7-9(12(2,3)4)5-6-10(11)13/h5-7H,1-4H3. The summed E-state index contributed by atoms with van der Waals surface area (Å²) >= 11 is 0. The molecule has 1 aromatic carbocycles. The zero-order valence-corrected chi connectivity index (χ0v) is 10.4. The lowest BCUT2D eigenvalue weighted by Crippen LogP contribution is -2.13. The predicted octanol–water partition coefficient (Wildman–Crippen LogP) is 2.41. The van der Waals surface area contributed by atoms with Crippen molar-refractivity contribution in [3.8, 4) is 5.69 Å². The van der Waals surface area contributed by atoms with E-state index < -0.39 is 0 Å². The van der Waals surface area contributed by atoms with E-state index in [0.29, 0.717) is 11.5 Å². The van der Waals surface area contributed by atoms with E-state index in [1.54, 1.807) is 19.1 Å². The molecule has 0 fully saturated rings. The Hall–Kier alpha value is -1.78. The molecule has 0 bridgehead atoms.